The monoisotopic (exact) mass is 523 g/mol. The zero-order chi connectivity index (χ0) is 27.8. The molecule has 37 heavy (non-hydrogen) atoms. The number of carboxylic acids is 2. The van der Waals surface area contributed by atoms with E-state index in [1.807, 2.05) is 30.1 Å². The molecule has 1 aromatic rings. The smallest absolute Gasteiger partial charge is 0.300 e. The number of carbonyl (C=O) groups excluding carboxylic acids is 1. The highest BCUT2D eigenvalue weighted by atomic mass is 16.5. The molecule has 0 unspecified atom stereocenters. The number of likely N-dealkylation sites (N-methyl/N-ethyl adjacent to an activating group) is 1. The van der Waals surface area contributed by atoms with Crippen LogP contribution in [0.5, 0.6) is 5.75 Å². The second-order valence-electron chi connectivity index (χ2n) is 9.44. The van der Waals surface area contributed by atoms with E-state index < -0.39 is 11.9 Å². The number of carboxylic acid groups (broad SMARTS) is 2. The van der Waals surface area contributed by atoms with E-state index in [0.717, 1.165) is 78.0 Å². The number of hydrogen-bond acceptors (Lipinski definition) is 7. The zero-order valence-corrected chi connectivity index (χ0v) is 22.7. The zero-order valence-electron chi connectivity index (χ0n) is 22.7. The van der Waals surface area contributed by atoms with E-state index >= 15 is 0 Å². The number of likely N-dealkylation sites (tertiary alicyclic amines) is 1. The Kier molecular flexibility index (Phi) is 15.5. The Morgan fingerprint density at radius 2 is 1.65 bits per heavy atom. The molecule has 1 aromatic carbocycles. The van der Waals surface area contributed by atoms with Crippen LogP contribution in [0.15, 0.2) is 24.3 Å². The fourth-order valence-corrected chi connectivity index (χ4v) is 4.46. The van der Waals surface area contributed by atoms with E-state index in [0.29, 0.717) is 19.2 Å². The summed E-state index contributed by atoms with van der Waals surface area (Å²) in [5.74, 6) is -0.523. The van der Waals surface area contributed by atoms with E-state index in [9.17, 15) is 4.79 Å². The molecule has 0 spiro atoms. The van der Waals surface area contributed by atoms with Crippen LogP contribution >= 0.6 is 0 Å². The summed E-state index contributed by atoms with van der Waals surface area (Å²) in [6.07, 6.45) is 4.78. The molecule has 2 fully saturated rings. The van der Waals surface area contributed by atoms with Crippen LogP contribution in [0.1, 0.15) is 52.0 Å². The molecule has 0 aromatic heterocycles. The molecule has 2 saturated heterocycles. The van der Waals surface area contributed by atoms with E-state index in [4.69, 9.17) is 35.0 Å². The molecule has 0 saturated carbocycles. The first kappa shape index (κ1) is 32.3. The van der Waals surface area contributed by atoms with Gasteiger partial charge in [-0.25, -0.2) is 0 Å². The van der Waals surface area contributed by atoms with Crippen LogP contribution in [-0.2, 0) is 25.5 Å². The van der Waals surface area contributed by atoms with Gasteiger partial charge >= 0.3 is 0 Å². The van der Waals surface area contributed by atoms with Crippen LogP contribution in [0.4, 0.5) is 0 Å². The van der Waals surface area contributed by atoms with Gasteiger partial charge in [0.25, 0.3) is 11.9 Å². The molecule has 10 nitrogen and oxygen atoms in total. The van der Waals surface area contributed by atoms with Crippen molar-refractivity contribution in [1.29, 1.82) is 0 Å². The van der Waals surface area contributed by atoms with Crippen molar-refractivity contribution in [2.45, 2.75) is 65.0 Å². The van der Waals surface area contributed by atoms with Gasteiger partial charge < -0.3 is 30.3 Å². The Morgan fingerprint density at radius 3 is 2.24 bits per heavy atom. The number of carbonyl (C=O) groups is 3. The van der Waals surface area contributed by atoms with Gasteiger partial charge in [0, 0.05) is 59.3 Å². The lowest BCUT2D eigenvalue weighted by Crippen LogP contribution is -2.47. The third kappa shape index (κ3) is 13.4. The van der Waals surface area contributed by atoms with Gasteiger partial charge in [-0.15, -0.1) is 0 Å². The van der Waals surface area contributed by atoms with Gasteiger partial charge in [-0.1, -0.05) is 25.1 Å². The SMILES string of the molecule is CC(=O)O.CC(=O)O.CCc1ccccc1OCCN(C)C(=O)[C@@H]1CC[C@H](N)CN(C2CCOCC2)C1. The Balaban J connectivity index is 0.000000751. The molecule has 1 amide bonds. The summed E-state index contributed by atoms with van der Waals surface area (Å²) in [4.78, 5) is 35.4. The molecule has 0 aliphatic carbocycles. The van der Waals surface area contributed by atoms with Gasteiger partial charge in [0.15, 0.2) is 0 Å². The average Bonchev–Trinajstić information content (AvgIpc) is 3.05. The van der Waals surface area contributed by atoms with E-state index in [1.165, 1.54) is 5.56 Å². The van der Waals surface area contributed by atoms with E-state index in [-0.39, 0.29) is 17.9 Å². The van der Waals surface area contributed by atoms with Crippen LogP contribution in [0.25, 0.3) is 0 Å². The Bertz CT molecular complexity index is 810. The lowest BCUT2D eigenvalue weighted by Gasteiger charge is -2.36. The summed E-state index contributed by atoms with van der Waals surface area (Å²) < 4.78 is 11.5. The quantitative estimate of drug-likeness (QED) is 0.491. The topological polar surface area (TPSA) is 143 Å². The number of para-hydroxylation sites is 1. The van der Waals surface area contributed by atoms with Crippen molar-refractivity contribution in [1.82, 2.24) is 9.80 Å². The molecule has 210 valence electrons. The minimum atomic E-state index is -0.833. The van der Waals surface area contributed by atoms with Crippen molar-refractivity contribution in [2.75, 3.05) is 46.5 Å². The van der Waals surface area contributed by atoms with Crippen molar-refractivity contribution in [3.05, 3.63) is 29.8 Å². The van der Waals surface area contributed by atoms with Gasteiger partial charge in [-0.2, -0.15) is 0 Å². The molecule has 2 aliphatic rings. The Morgan fingerprint density at radius 1 is 1.05 bits per heavy atom. The standard InChI is InChI=1S/C23H37N3O3.2C2H4O2/c1-3-18-6-4-5-7-22(18)29-15-12-25(2)23(27)19-8-9-20(24)17-26(16-19)21-10-13-28-14-11-21;2*1-2(3)4/h4-7,19-21H,3,8-17,24H2,1-2H3;2*1H3,(H,3,4)/t19-,20+;;/m1../s1. The summed E-state index contributed by atoms with van der Waals surface area (Å²) >= 11 is 0. The number of amides is 1. The number of rotatable bonds is 7. The lowest BCUT2D eigenvalue weighted by molar-refractivity contribution is -0.136. The summed E-state index contributed by atoms with van der Waals surface area (Å²) in [5, 5.41) is 14.8. The lowest BCUT2D eigenvalue weighted by atomic mass is 10.00. The summed E-state index contributed by atoms with van der Waals surface area (Å²) in [6, 6.07) is 8.74. The number of aryl methyl sites for hydroxylation is 1. The minimum absolute atomic E-state index is 0.0133. The predicted molar refractivity (Wildman–Crippen MR) is 142 cm³/mol. The van der Waals surface area contributed by atoms with Crippen LogP contribution < -0.4 is 10.5 Å². The third-order valence-corrected chi connectivity index (χ3v) is 6.28. The largest absolute Gasteiger partial charge is 0.491 e. The molecule has 2 aliphatic heterocycles. The highest BCUT2D eigenvalue weighted by Crippen LogP contribution is 2.24. The van der Waals surface area contributed by atoms with Gasteiger partial charge in [0.1, 0.15) is 12.4 Å². The number of hydrogen-bond donors (Lipinski definition) is 3. The maximum absolute atomic E-state index is 13.1. The fourth-order valence-electron chi connectivity index (χ4n) is 4.46. The van der Waals surface area contributed by atoms with Crippen molar-refractivity contribution in [3.8, 4) is 5.75 Å². The molecule has 2 atom stereocenters. The minimum Gasteiger partial charge on any atom is -0.491 e. The van der Waals surface area contributed by atoms with Crippen molar-refractivity contribution >= 4 is 17.8 Å². The van der Waals surface area contributed by atoms with E-state index in [2.05, 4.69) is 17.9 Å². The second-order valence-corrected chi connectivity index (χ2v) is 9.44. The number of nitrogens with zero attached hydrogens (tertiary/aromatic N) is 2. The maximum atomic E-state index is 13.1. The highest BCUT2D eigenvalue weighted by Gasteiger charge is 2.32. The molecular formula is C27H45N3O7. The average molecular weight is 524 g/mol. The van der Waals surface area contributed by atoms with Crippen molar-refractivity contribution < 1.29 is 34.1 Å². The first-order chi connectivity index (χ1) is 17.5. The van der Waals surface area contributed by atoms with Crippen molar-refractivity contribution in [2.24, 2.45) is 11.7 Å². The fraction of sp³-hybridized carbons (Fsp3) is 0.667. The summed E-state index contributed by atoms with van der Waals surface area (Å²) in [5.41, 5.74) is 7.52. The molecule has 2 heterocycles. The summed E-state index contributed by atoms with van der Waals surface area (Å²) in [7, 11) is 1.89. The van der Waals surface area contributed by atoms with Crippen LogP contribution in [0.3, 0.4) is 0 Å². The molecular weight excluding hydrogens is 478 g/mol. The van der Waals surface area contributed by atoms with Gasteiger partial charge in [-0.3, -0.25) is 19.3 Å². The first-order valence-corrected chi connectivity index (χ1v) is 13.0. The predicted octanol–water partition coefficient (Wildman–Crippen LogP) is 2.49. The van der Waals surface area contributed by atoms with Crippen LogP contribution in [-0.4, -0.2) is 96.4 Å². The number of nitrogens with two attached hydrogens (primary N) is 1. The molecule has 0 bridgehead atoms. The van der Waals surface area contributed by atoms with Gasteiger partial charge in [0.2, 0.25) is 5.91 Å². The molecule has 0 radical (unpaired) electrons. The molecule has 3 rings (SSSR count). The summed E-state index contributed by atoms with van der Waals surface area (Å²) in [6.45, 7) is 8.71. The van der Waals surface area contributed by atoms with Crippen molar-refractivity contribution in [3.63, 3.8) is 0 Å². The number of aliphatic carboxylic acids is 2. The Hall–Kier alpha value is -2.69. The van der Waals surface area contributed by atoms with E-state index in [1.54, 1.807) is 0 Å². The second kappa shape index (κ2) is 17.7. The van der Waals surface area contributed by atoms with Crippen LogP contribution in [0, 0.1) is 5.92 Å². The first-order valence-electron chi connectivity index (χ1n) is 13.0. The van der Waals surface area contributed by atoms with Gasteiger partial charge in [-0.05, 0) is 43.7 Å². The third-order valence-electron chi connectivity index (χ3n) is 6.28. The highest BCUT2D eigenvalue weighted by molar-refractivity contribution is 5.78. The van der Waals surface area contributed by atoms with Gasteiger partial charge in [0.05, 0.1) is 12.5 Å². The molecule has 10 heteroatoms. The normalized spacial score (nSPS) is 20.2. The Labute approximate surface area is 220 Å². The van der Waals surface area contributed by atoms with Crippen LogP contribution in [0.2, 0.25) is 0 Å². The number of benzene rings is 1. The maximum Gasteiger partial charge on any atom is 0.300 e. The number of ether oxygens (including phenoxy) is 2. The molecule has 4 N–H and O–H groups in total.